The molecule has 0 aliphatic heterocycles. The minimum atomic E-state index is -0.240. The van der Waals surface area contributed by atoms with Gasteiger partial charge >= 0.3 is 0 Å². The highest BCUT2D eigenvalue weighted by molar-refractivity contribution is 5.92. The second kappa shape index (κ2) is 6.27. The van der Waals surface area contributed by atoms with E-state index >= 15 is 0 Å². The molecule has 0 radical (unpaired) electrons. The number of fused-ring (bicyclic) bond motifs is 1. The Morgan fingerprint density at radius 1 is 1.21 bits per heavy atom. The summed E-state index contributed by atoms with van der Waals surface area (Å²) in [5, 5.41) is 2.88. The molecular weight excluding hydrogens is 304 g/mol. The largest absolute Gasteiger partial charge is 0.347 e. The zero-order valence-electron chi connectivity index (χ0n) is 14.2. The number of aryl methyl sites for hydroxylation is 2. The molecule has 0 saturated heterocycles. The van der Waals surface area contributed by atoms with Crippen molar-refractivity contribution in [3.8, 4) is 0 Å². The van der Waals surface area contributed by atoms with Gasteiger partial charge in [0.1, 0.15) is 11.5 Å². The number of imidazole rings is 1. The number of hydrogen-bond donors (Lipinski definition) is 1. The van der Waals surface area contributed by atoms with E-state index in [1.807, 2.05) is 56.9 Å². The van der Waals surface area contributed by atoms with E-state index in [9.17, 15) is 4.79 Å². The minimum absolute atomic E-state index is 0.240. The normalized spacial score (nSPS) is 10.8. The number of rotatable bonds is 4. The van der Waals surface area contributed by atoms with Crippen LogP contribution in [0.3, 0.4) is 0 Å². The van der Waals surface area contributed by atoms with Crippen LogP contribution in [0.4, 0.5) is 5.95 Å². The van der Waals surface area contributed by atoms with Crippen LogP contribution in [-0.2, 0) is 13.6 Å². The summed E-state index contributed by atoms with van der Waals surface area (Å²) < 4.78 is 1.98. The molecule has 1 aromatic carbocycles. The van der Waals surface area contributed by atoms with Gasteiger partial charge in [-0.25, -0.2) is 15.0 Å². The molecule has 0 bridgehead atoms. The molecule has 2 heterocycles. The van der Waals surface area contributed by atoms with Crippen LogP contribution < -0.4 is 10.2 Å². The molecule has 124 valence electrons. The summed E-state index contributed by atoms with van der Waals surface area (Å²) in [6, 6.07) is 9.56. The van der Waals surface area contributed by atoms with Gasteiger partial charge < -0.3 is 14.8 Å². The van der Waals surface area contributed by atoms with Crippen molar-refractivity contribution in [2.75, 3.05) is 19.0 Å². The molecular formula is C17H20N6O. The molecule has 7 nitrogen and oxygen atoms in total. The van der Waals surface area contributed by atoms with Gasteiger partial charge in [0, 0.05) is 26.8 Å². The zero-order chi connectivity index (χ0) is 17.3. The van der Waals surface area contributed by atoms with Crippen molar-refractivity contribution in [1.82, 2.24) is 24.8 Å². The van der Waals surface area contributed by atoms with E-state index in [1.54, 1.807) is 11.0 Å². The predicted octanol–water partition coefficient (Wildman–Crippen LogP) is 1.67. The number of amides is 1. The zero-order valence-corrected chi connectivity index (χ0v) is 14.2. The van der Waals surface area contributed by atoms with Crippen LogP contribution in [0.2, 0.25) is 0 Å². The number of nitrogens with one attached hydrogen (secondary N) is 1. The Hall–Kier alpha value is -2.96. The maximum atomic E-state index is 12.4. The topological polar surface area (TPSA) is 75.9 Å². The number of carbonyl (C=O) groups excluding carboxylic acids is 1. The lowest BCUT2D eigenvalue weighted by atomic mass is 10.3. The average Bonchev–Trinajstić information content (AvgIpc) is 2.88. The van der Waals surface area contributed by atoms with Crippen LogP contribution in [0.25, 0.3) is 11.0 Å². The summed E-state index contributed by atoms with van der Waals surface area (Å²) in [5.41, 5.74) is 3.05. The summed E-state index contributed by atoms with van der Waals surface area (Å²) >= 11 is 0. The third kappa shape index (κ3) is 3.05. The smallest absolute Gasteiger partial charge is 0.270 e. The molecule has 2 aromatic heterocycles. The van der Waals surface area contributed by atoms with E-state index in [0.29, 0.717) is 18.2 Å². The Morgan fingerprint density at radius 3 is 2.67 bits per heavy atom. The van der Waals surface area contributed by atoms with Gasteiger partial charge in [-0.1, -0.05) is 12.1 Å². The number of benzene rings is 1. The fourth-order valence-corrected chi connectivity index (χ4v) is 2.47. The highest BCUT2D eigenvalue weighted by atomic mass is 16.1. The van der Waals surface area contributed by atoms with Crippen LogP contribution in [0.1, 0.15) is 22.0 Å². The molecule has 1 N–H and O–H groups in total. The molecule has 1 amide bonds. The van der Waals surface area contributed by atoms with Crippen molar-refractivity contribution in [3.05, 3.63) is 47.5 Å². The van der Waals surface area contributed by atoms with E-state index < -0.39 is 0 Å². The van der Waals surface area contributed by atoms with Crippen LogP contribution in [0.5, 0.6) is 0 Å². The van der Waals surface area contributed by atoms with Crippen molar-refractivity contribution >= 4 is 22.9 Å². The molecule has 24 heavy (non-hydrogen) atoms. The molecule has 0 aliphatic rings. The van der Waals surface area contributed by atoms with E-state index in [1.165, 1.54) is 0 Å². The van der Waals surface area contributed by atoms with Crippen molar-refractivity contribution in [3.63, 3.8) is 0 Å². The number of carbonyl (C=O) groups is 1. The highest BCUT2D eigenvalue weighted by Crippen LogP contribution is 2.14. The average molecular weight is 324 g/mol. The van der Waals surface area contributed by atoms with Crippen molar-refractivity contribution < 1.29 is 4.79 Å². The second-order valence-corrected chi connectivity index (χ2v) is 5.85. The number of para-hydroxylation sites is 2. The van der Waals surface area contributed by atoms with Crippen molar-refractivity contribution in [2.24, 2.45) is 7.05 Å². The van der Waals surface area contributed by atoms with E-state index in [0.717, 1.165) is 22.6 Å². The Balaban J connectivity index is 1.79. The standard InChI is InChI=1S/C17H20N6O/c1-11-9-13(21-17(19-11)22(2)3)16(24)18-10-15-20-12-7-5-6-8-14(12)23(15)4/h5-9H,10H2,1-4H3,(H,18,24). The Labute approximate surface area is 140 Å². The second-order valence-electron chi connectivity index (χ2n) is 5.85. The number of anilines is 1. The van der Waals surface area contributed by atoms with Crippen LogP contribution in [0.15, 0.2) is 30.3 Å². The third-order valence-electron chi connectivity index (χ3n) is 3.76. The lowest BCUT2D eigenvalue weighted by Gasteiger charge is -2.12. The molecule has 3 aromatic rings. The van der Waals surface area contributed by atoms with E-state index in [2.05, 4.69) is 20.3 Å². The maximum absolute atomic E-state index is 12.4. The van der Waals surface area contributed by atoms with Gasteiger partial charge in [-0.15, -0.1) is 0 Å². The monoisotopic (exact) mass is 324 g/mol. The molecule has 0 spiro atoms. The molecule has 0 unspecified atom stereocenters. The predicted molar refractivity (Wildman–Crippen MR) is 93.0 cm³/mol. The molecule has 7 heteroatoms. The summed E-state index contributed by atoms with van der Waals surface area (Å²) in [5.74, 6) is 1.07. The lowest BCUT2D eigenvalue weighted by Crippen LogP contribution is -2.26. The first kappa shape index (κ1) is 15.9. The van der Waals surface area contributed by atoms with Crippen molar-refractivity contribution in [2.45, 2.75) is 13.5 Å². The molecule has 0 aliphatic carbocycles. The summed E-state index contributed by atoms with van der Waals surface area (Å²) in [6.07, 6.45) is 0. The van der Waals surface area contributed by atoms with Gasteiger partial charge in [0.05, 0.1) is 17.6 Å². The first-order valence-electron chi connectivity index (χ1n) is 7.67. The molecule has 0 fully saturated rings. The van der Waals surface area contributed by atoms with Gasteiger partial charge in [-0.2, -0.15) is 0 Å². The fourth-order valence-electron chi connectivity index (χ4n) is 2.47. The fraction of sp³-hybridized carbons (Fsp3) is 0.294. The van der Waals surface area contributed by atoms with Crippen molar-refractivity contribution in [1.29, 1.82) is 0 Å². The Kier molecular flexibility index (Phi) is 4.16. The summed E-state index contributed by atoms with van der Waals surface area (Å²) in [7, 11) is 5.63. The van der Waals surface area contributed by atoms with E-state index in [-0.39, 0.29) is 5.91 Å². The first-order valence-corrected chi connectivity index (χ1v) is 7.67. The number of hydrogen-bond acceptors (Lipinski definition) is 5. The molecule has 3 rings (SSSR count). The Morgan fingerprint density at radius 2 is 1.96 bits per heavy atom. The number of aromatic nitrogens is 4. The SMILES string of the molecule is Cc1cc(C(=O)NCc2nc3ccccc3n2C)nc(N(C)C)n1. The number of nitrogens with zero attached hydrogens (tertiary/aromatic N) is 5. The van der Waals surface area contributed by atoms with E-state index in [4.69, 9.17) is 0 Å². The molecule has 0 saturated carbocycles. The van der Waals surface area contributed by atoms with Crippen LogP contribution >= 0.6 is 0 Å². The Bertz CT molecular complexity index is 899. The van der Waals surface area contributed by atoms with Gasteiger partial charge in [0.2, 0.25) is 5.95 Å². The minimum Gasteiger partial charge on any atom is -0.347 e. The summed E-state index contributed by atoms with van der Waals surface area (Å²) in [4.78, 5) is 27.3. The van der Waals surface area contributed by atoms with Gasteiger partial charge in [0.25, 0.3) is 5.91 Å². The lowest BCUT2D eigenvalue weighted by molar-refractivity contribution is 0.0944. The first-order chi connectivity index (χ1) is 11.5. The van der Waals surface area contributed by atoms with Crippen LogP contribution in [-0.4, -0.2) is 39.5 Å². The van der Waals surface area contributed by atoms with Gasteiger partial charge in [0.15, 0.2) is 0 Å². The highest BCUT2D eigenvalue weighted by Gasteiger charge is 2.13. The van der Waals surface area contributed by atoms with Gasteiger partial charge in [-0.3, -0.25) is 4.79 Å². The maximum Gasteiger partial charge on any atom is 0.270 e. The third-order valence-corrected chi connectivity index (χ3v) is 3.76. The quantitative estimate of drug-likeness (QED) is 0.790. The van der Waals surface area contributed by atoms with Crippen LogP contribution in [0, 0.1) is 6.92 Å². The van der Waals surface area contributed by atoms with Gasteiger partial charge in [-0.05, 0) is 25.1 Å². The summed E-state index contributed by atoms with van der Waals surface area (Å²) in [6.45, 7) is 2.18. The molecule has 0 atom stereocenters.